The Labute approximate surface area is 60.9 Å². The standard InChI is InChI=1S/C6H14N4/c1-6(3-4-6)9-5(8-2)10-7/h3-4,7H2,1-2H3,(H2,8,9,10). The van der Waals surface area contributed by atoms with Crippen molar-refractivity contribution in [2.45, 2.75) is 25.3 Å². The molecule has 0 heterocycles. The first-order valence-electron chi connectivity index (χ1n) is 3.42. The number of aliphatic imine (C=N–C) groups is 1. The van der Waals surface area contributed by atoms with E-state index in [1.54, 1.807) is 7.05 Å². The molecular weight excluding hydrogens is 128 g/mol. The SMILES string of the molecule is CN=C(NN)NC1(C)CC1. The van der Waals surface area contributed by atoms with Gasteiger partial charge in [-0.25, -0.2) is 5.84 Å². The molecule has 10 heavy (non-hydrogen) atoms. The molecule has 1 saturated carbocycles. The fourth-order valence-corrected chi connectivity index (χ4v) is 0.755. The van der Waals surface area contributed by atoms with Gasteiger partial charge in [0.25, 0.3) is 0 Å². The summed E-state index contributed by atoms with van der Waals surface area (Å²) in [6.45, 7) is 2.15. The summed E-state index contributed by atoms with van der Waals surface area (Å²) in [7, 11) is 1.70. The molecule has 4 N–H and O–H groups in total. The molecule has 1 fully saturated rings. The third kappa shape index (κ3) is 1.60. The maximum absolute atomic E-state index is 5.17. The van der Waals surface area contributed by atoms with Crippen LogP contribution in [0.5, 0.6) is 0 Å². The summed E-state index contributed by atoms with van der Waals surface area (Å²) >= 11 is 0. The van der Waals surface area contributed by atoms with E-state index in [4.69, 9.17) is 5.84 Å². The number of nitrogens with zero attached hydrogens (tertiary/aromatic N) is 1. The van der Waals surface area contributed by atoms with Crippen molar-refractivity contribution in [3.63, 3.8) is 0 Å². The van der Waals surface area contributed by atoms with Crippen LogP contribution in [0.2, 0.25) is 0 Å². The first-order valence-corrected chi connectivity index (χ1v) is 3.42. The molecule has 0 radical (unpaired) electrons. The Kier molecular flexibility index (Phi) is 1.80. The molecule has 58 valence electrons. The van der Waals surface area contributed by atoms with Gasteiger partial charge < -0.3 is 5.32 Å². The van der Waals surface area contributed by atoms with Crippen LogP contribution < -0.4 is 16.6 Å². The minimum absolute atomic E-state index is 0.251. The van der Waals surface area contributed by atoms with Crippen molar-refractivity contribution in [1.82, 2.24) is 10.7 Å². The van der Waals surface area contributed by atoms with Crippen molar-refractivity contribution in [2.24, 2.45) is 10.8 Å². The molecule has 0 unspecified atom stereocenters. The van der Waals surface area contributed by atoms with E-state index >= 15 is 0 Å². The summed E-state index contributed by atoms with van der Waals surface area (Å²) in [5, 5.41) is 3.18. The third-order valence-electron chi connectivity index (χ3n) is 1.78. The van der Waals surface area contributed by atoms with Gasteiger partial charge in [0, 0.05) is 12.6 Å². The second-order valence-corrected chi connectivity index (χ2v) is 2.90. The lowest BCUT2D eigenvalue weighted by Gasteiger charge is -2.13. The van der Waals surface area contributed by atoms with Crippen molar-refractivity contribution in [1.29, 1.82) is 0 Å². The molecule has 0 aromatic heterocycles. The number of guanidine groups is 1. The summed E-state index contributed by atoms with van der Waals surface area (Å²) in [6.07, 6.45) is 2.40. The minimum atomic E-state index is 0.251. The number of hydrazine groups is 1. The smallest absolute Gasteiger partial charge is 0.205 e. The highest BCUT2D eigenvalue weighted by Crippen LogP contribution is 2.33. The lowest BCUT2D eigenvalue weighted by Crippen LogP contribution is -2.46. The van der Waals surface area contributed by atoms with E-state index in [0.717, 1.165) is 0 Å². The summed E-state index contributed by atoms with van der Waals surface area (Å²) in [4.78, 5) is 3.90. The number of nitrogens with one attached hydrogen (secondary N) is 2. The van der Waals surface area contributed by atoms with Crippen molar-refractivity contribution >= 4 is 5.96 Å². The first-order chi connectivity index (χ1) is 4.70. The van der Waals surface area contributed by atoms with Crippen LogP contribution in [0.4, 0.5) is 0 Å². The Bertz CT molecular complexity index is 148. The highest BCUT2D eigenvalue weighted by molar-refractivity contribution is 5.80. The summed E-state index contributed by atoms with van der Waals surface area (Å²) in [6, 6.07) is 0. The molecule has 0 atom stereocenters. The summed E-state index contributed by atoms with van der Waals surface area (Å²) in [5.74, 6) is 5.84. The predicted molar refractivity (Wildman–Crippen MR) is 41.5 cm³/mol. The van der Waals surface area contributed by atoms with Crippen LogP contribution in [0.3, 0.4) is 0 Å². The molecular formula is C6H14N4. The van der Waals surface area contributed by atoms with Gasteiger partial charge in [-0.15, -0.1) is 0 Å². The largest absolute Gasteiger partial charge is 0.350 e. The zero-order chi connectivity index (χ0) is 7.61. The highest BCUT2D eigenvalue weighted by atomic mass is 15.3. The molecule has 0 bridgehead atoms. The normalized spacial score (nSPS) is 22.1. The first kappa shape index (κ1) is 7.34. The topological polar surface area (TPSA) is 62.4 Å². The quantitative estimate of drug-likeness (QED) is 0.202. The van der Waals surface area contributed by atoms with Crippen LogP contribution in [-0.4, -0.2) is 18.5 Å². The van der Waals surface area contributed by atoms with Crippen LogP contribution in [0, 0.1) is 0 Å². The Morgan fingerprint density at radius 3 is 2.50 bits per heavy atom. The Morgan fingerprint density at radius 2 is 2.20 bits per heavy atom. The van der Waals surface area contributed by atoms with E-state index in [1.165, 1.54) is 12.8 Å². The highest BCUT2D eigenvalue weighted by Gasteiger charge is 2.37. The van der Waals surface area contributed by atoms with E-state index in [1.807, 2.05) is 0 Å². The van der Waals surface area contributed by atoms with Gasteiger partial charge in [0.05, 0.1) is 0 Å². The number of nitrogens with two attached hydrogens (primary N) is 1. The fourth-order valence-electron chi connectivity index (χ4n) is 0.755. The predicted octanol–water partition coefficient (Wildman–Crippen LogP) is -0.422. The van der Waals surface area contributed by atoms with Crippen LogP contribution in [0.15, 0.2) is 4.99 Å². The zero-order valence-electron chi connectivity index (χ0n) is 6.44. The molecule has 0 aromatic carbocycles. The zero-order valence-corrected chi connectivity index (χ0v) is 6.44. The molecule has 1 aliphatic carbocycles. The Morgan fingerprint density at radius 1 is 1.60 bits per heavy atom. The van der Waals surface area contributed by atoms with Gasteiger partial charge in [-0.1, -0.05) is 0 Å². The van der Waals surface area contributed by atoms with Gasteiger partial charge in [0.15, 0.2) is 0 Å². The van der Waals surface area contributed by atoms with Crippen molar-refractivity contribution in [3.8, 4) is 0 Å². The maximum Gasteiger partial charge on any atom is 0.205 e. The van der Waals surface area contributed by atoms with Gasteiger partial charge in [-0.3, -0.25) is 10.4 Å². The van der Waals surface area contributed by atoms with Crippen molar-refractivity contribution < 1.29 is 0 Å². The van der Waals surface area contributed by atoms with E-state index in [0.29, 0.717) is 5.96 Å². The fraction of sp³-hybridized carbons (Fsp3) is 0.833. The summed E-state index contributed by atoms with van der Waals surface area (Å²) in [5.41, 5.74) is 2.74. The molecule has 4 nitrogen and oxygen atoms in total. The van der Waals surface area contributed by atoms with Crippen LogP contribution >= 0.6 is 0 Å². The molecule has 0 amide bonds. The van der Waals surface area contributed by atoms with Crippen LogP contribution in [0.1, 0.15) is 19.8 Å². The average Bonchev–Trinajstić information content (AvgIpc) is 2.64. The van der Waals surface area contributed by atoms with Gasteiger partial charge >= 0.3 is 0 Å². The lowest BCUT2D eigenvalue weighted by atomic mass is 10.3. The van der Waals surface area contributed by atoms with E-state index in [9.17, 15) is 0 Å². The third-order valence-corrected chi connectivity index (χ3v) is 1.78. The summed E-state index contributed by atoms with van der Waals surface area (Å²) < 4.78 is 0. The maximum atomic E-state index is 5.17. The second-order valence-electron chi connectivity index (χ2n) is 2.90. The van der Waals surface area contributed by atoms with Crippen LogP contribution in [0.25, 0.3) is 0 Å². The molecule has 4 heteroatoms. The molecule has 1 rings (SSSR count). The molecule has 0 aliphatic heterocycles. The lowest BCUT2D eigenvalue weighted by molar-refractivity contribution is 0.647. The Balaban J connectivity index is 2.36. The van der Waals surface area contributed by atoms with Crippen molar-refractivity contribution in [2.75, 3.05) is 7.05 Å². The van der Waals surface area contributed by atoms with Gasteiger partial charge in [0.1, 0.15) is 0 Å². The van der Waals surface area contributed by atoms with Gasteiger partial charge in [0.2, 0.25) is 5.96 Å². The average molecular weight is 142 g/mol. The monoisotopic (exact) mass is 142 g/mol. The molecule has 0 aromatic rings. The molecule has 0 saturated heterocycles. The molecule has 0 spiro atoms. The number of hydrogen-bond donors (Lipinski definition) is 3. The Hall–Kier alpha value is -0.770. The van der Waals surface area contributed by atoms with E-state index in [2.05, 4.69) is 22.7 Å². The number of rotatable bonds is 1. The molecule has 1 aliphatic rings. The van der Waals surface area contributed by atoms with Crippen molar-refractivity contribution in [3.05, 3.63) is 0 Å². The van der Waals surface area contributed by atoms with Gasteiger partial charge in [-0.05, 0) is 19.8 Å². The number of hydrogen-bond acceptors (Lipinski definition) is 2. The van der Waals surface area contributed by atoms with Gasteiger partial charge in [-0.2, -0.15) is 0 Å². The van der Waals surface area contributed by atoms with E-state index < -0.39 is 0 Å². The van der Waals surface area contributed by atoms with E-state index in [-0.39, 0.29) is 5.54 Å². The second kappa shape index (κ2) is 2.46. The minimum Gasteiger partial charge on any atom is -0.350 e. The van der Waals surface area contributed by atoms with Crippen LogP contribution in [-0.2, 0) is 0 Å².